The van der Waals surface area contributed by atoms with E-state index >= 15 is 0 Å². The molecule has 1 saturated heterocycles. The fourth-order valence-electron chi connectivity index (χ4n) is 1.88. The highest BCUT2D eigenvalue weighted by molar-refractivity contribution is 6.05. The first kappa shape index (κ1) is 10.2. The molecule has 0 aromatic carbocycles. The lowest BCUT2D eigenvalue weighted by Gasteiger charge is -2.34. The monoisotopic (exact) mass is 183 g/mol. The molecule has 3 nitrogen and oxygen atoms in total. The fraction of sp³-hybridized carbons (Fsp3) is 0.800. The minimum absolute atomic E-state index is 0.0107. The molecule has 3 heteroatoms. The Morgan fingerprint density at radius 1 is 1.38 bits per heavy atom. The molecule has 0 saturated carbocycles. The maximum Gasteiger partial charge on any atom is 0.230 e. The lowest BCUT2D eigenvalue weighted by atomic mass is 9.97. The highest BCUT2D eigenvalue weighted by atomic mass is 16.2. The van der Waals surface area contributed by atoms with Crippen LogP contribution in [-0.4, -0.2) is 28.7 Å². The number of hydrogen-bond acceptors (Lipinski definition) is 2. The molecule has 0 radical (unpaired) electrons. The molecule has 74 valence electrons. The number of Topliss-reactive ketones (excluding diaryl/α,β-unsaturated/α-hetero) is 1. The van der Waals surface area contributed by atoms with Gasteiger partial charge in [-0.15, -0.1) is 0 Å². The van der Waals surface area contributed by atoms with Crippen molar-refractivity contribution in [3.63, 3.8) is 0 Å². The van der Waals surface area contributed by atoms with Crippen LogP contribution < -0.4 is 0 Å². The first-order valence-electron chi connectivity index (χ1n) is 4.79. The van der Waals surface area contributed by atoms with Crippen molar-refractivity contribution >= 4 is 11.7 Å². The molecule has 1 fully saturated rings. The summed E-state index contributed by atoms with van der Waals surface area (Å²) in [6.07, 6.45) is 2.09. The van der Waals surface area contributed by atoms with E-state index in [1.54, 1.807) is 4.90 Å². The third-order valence-corrected chi connectivity index (χ3v) is 2.58. The number of carbonyl (C=O) groups excluding carboxylic acids is 2. The van der Waals surface area contributed by atoms with Crippen molar-refractivity contribution in [2.45, 2.75) is 45.6 Å². The molecule has 1 rings (SSSR count). The van der Waals surface area contributed by atoms with Gasteiger partial charge in [0.15, 0.2) is 5.78 Å². The SMILES string of the molecule is CCCC(C)(C)N1CC(=O)CC1=O. The third kappa shape index (κ3) is 2.08. The Bertz CT molecular complexity index is 233. The molecule has 1 aliphatic heterocycles. The normalized spacial score (nSPS) is 18.5. The van der Waals surface area contributed by atoms with Gasteiger partial charge in [0.25, 0.3) is 0 Å². The summed E-state index contributed by atoms with van der Waals surface area (Å²) < 4.78 is 0. The zero-order valence-corrected chi connectivity index (χ0v) is 8.59. The molecule has 1 heterocycles. The molecule has 0 unspecified atom stereocenters. The second-order valence-electron chi connectivity index (χ2n) is 4.26. The molecule has 1 aliphatic rings. The van der Waals surface area contributed by atoms with Crippen LogP contribution in [0.2, 0.25) is 0 Å². The van der Waals surface area contributed by atoms with Crippen molar-refractivity contribution in [3.05, 3.63) is 0 Å². The topological polar surface area (TPSA) is 37.4 Å². The van der Waals surface area contributed by atoms with Crippen LogP contribution in [0.5, 0.6) is 0 Å². The molecular weight excluding hydrogens is 166 g/mol. The summed E-state index contributed by atoms with van der Waals surface area (Å²) in [5.41, 5.74) is -0.155. The third-order valence-electron chi connectivity index (χ3n) is 2.58. The number of nitrogens with zero attached hydrogens (tertiary/aromatic N) is 1. The van der Waals surface area contributed by atoms with E-state index in [1.807, 2.05) is 13.8 Å². The molecule has 1 amide bonds. The van der Waals surface area contributed by atoms with E-state index in [9.17, 15) is 9.59 Å². The highest BCUT2D eigenvalue weighted by Gasteiger charge is 2.37. The predicted molar refractivity (Wildman–Crippen MR) is 50.3 cm³/mol. The Balaban J connectivity index is 2.71. The van der Waals surface area contributed by atoms with E-state index in [4.69, 9.17) is 0 Å². The van der Waals surface area contributed by atoms with E-state index in [1.165, 1.54) is 0 Å². The van der Waals surface area contributed by atoms with Gasteiger partial charge in [-0.05, 0) is 20.3 Å². The number of likely N-dealkylation sites (tertiary alicyclic amines) is 1. The average molecular weight is 183 g/mol. The fourth-order valence-corrected chi connectivity index (χ4v) is 1.88. The Hall–Kier alpha value is -0.860. The minimum Gasteiger partial charge on any atom is -0.330 e. The van der Waals surface area contributed by atoms with Crippen molar-refractivity contribution in [2.24, 2.45) is 0 Å². The lowest BCUT2D eigenvalue weighted by Crippen LogP contribution is -2.44. The van der Waals surface area contributed by atoms with Gasteiger partial charge in [0, 0.05) is 5.54 Å². The van der Waals surface area contributed by atoms with Gasteiger partial charge < -0.3 is 4.90 Å². The van der Waals surface area contributed by atoms with Gasteiger partial charge in [-0.3, -0.25) is 9.59 Å². The highest BCUT2D eigenvalue weighted by Crippen LogP contribution is 2.24. The van der Waals surface area contributed by atoms with Gasteiger partial charge in [-0.25, -0.2) is 0 Å². The Labute approximate surface area is 79.1 Å². The van der Waals surface area contributed by atoms with Gasteiger partial charge >= 0.3 is 0 Å². The Morgan fingerprint density at radius 2 is 2.00 bits per heavy atom. The average Bonchev–Trinajstić information content (AvgIpc) is 2.30. The van der Waals surface area contributed by atoms with Crippen LogP contribution >= 0.6 is 0 Å². The lowest BCUT2D eigenvalue weighted by molar-refractivity contribution is -0.132. The molecule has 13 heavy (non-hydrogen) atoms. The van der Waals surface area contributed by atoms with E-state index in [-0.39, 0.29) is 23.7 Å². The van der Waals surface area contributed by atoms with E-state index < -0.39 is 0 Å². The largest absolute Gasteiger partial charge is 0.330 e. The van der Waals surface area contributed by atoms with Gasteiger partial charge in [0.1, 0.15) is 0 Å². The van der Waals surface area contributed by atoms with Gasteiger partial charge in [0.05, 0.1) is 13.0 Å². The number of hydrogen-bond donors (Lipinski definition) is 0. The van der Waals surface area contributed by atoms with E-state index in [0.717, 1.165) is 12.8 Å². The summed E-state index contributed by atoms with van der Waals surface area (Å²) in [5, 5.41) is 0. The zero-order valence-electron chi connectivity index (χ0n) is 8.59. The summed E-state index contributed by atoms with van der Waals surface area (Å²) in [7, 11) is 0. The van der Waals surface area contributed by atoms with Gasteiger partial charge in [-0.2, -0.15) is 0 Å². The molecule has 0 N–H and O–H groups in total. The van der Waals surface area contributed by atoms with Gasteiger partial charge in [-0.1, -0.05) is 13.3 Å². The maximum atomic E-state index is 11.4. The summed E-state index contributed by atoms with van der Waals surface area (Å²) >= 11 is 0. The summed E-state index contributed by atoms with van der Waals surface area (Å²) in [6, 6.07) is 0. The zero-order chi connectivity index (χ0) is 10.1. The maximum absolute atomic E-state index is 11.4. The van der Waals surface area contributed by atoms with Crippen LogP contribution in [-0.2, 0) is 9.59 Å². The first-order chi connectivity index (χ1) is 5.97. The summed E-state index contributed by atoms with van der Waals surface area (Å²) in [5.74, 6) is 0.0395. The first-order valence-corrected chi connectivity index (χ1v) is 4.79. The molecular formula is C10H17NO2. The van der Waals surface area contributed by atoms with Crippen LogP contribution in [0.15, 0.2) is 0 Å². The van der Waals surface area contributed by atoms with Crippen molar-refractivity contribution in [3.8, 4) is 0 Å². The quantitative estimate of drug-likeness (QED) is 0.620. The second-order valence-corrected chi connectivity index (χ2v) is 4.26. The summed E-state index contributed by atoms with van der Waals surface area (Å²) in [6.45, 7) is 6.44. The van der Waals surface area contributed by atoms with Crippen molar-refractivity contribution < 1.29 is 9.59 Å². The molecule has 0 aliphatic carbocycles. The van der Waals surface area contributed by atoms with Crippen LogP contribution in [0.1, 0.15) is 40.0 Å². The Kier molecular flexibility index (Phi) is 2.74. The smallest absolute Gasteiger partial charge is 0.230 e. The molecule has 0 spiro atoms. The number of rotatable bonds is 3. The van der Waals surface area contributed by atoms with Crippen LogP contribution in [0, 0.1) is 0 Å². The molecule has 0 aromatic rings. The number of carbonyl (C=O) groups is 2. The Morgan fingerprint density at radius 3 is 2.38 bits per heavy atom. The summed E-state index contributed by atoms with van der Waals surface area (Å²) in [4.78, 5) is 24.2. The van der Waals surface area contributed by atoms with Crippen molar-refractivity contribution in [1.82, 2.24) is 4.90 Å². The van der Waals surface area contributed by atoms with Crippen LogP contribution in [0.3, 0.4) is 0 Å². The second kappa shape index (κ2) is 3.48. The van der Waals surface area contributed by atoms with Crippen LogP contribution in [0.25, 0.3) is 0 Å². The molecule has 0 aromatic heterocycles. The van der Waals surface area contributed by atoms with E-state index in [0.29, 0.717) is 6.54 Å². The van der Waals surface area contributed by atoms with Gasteiger partial charge in [0.2, 0.25) is 5.91 Å². The number of amides is 1. The standard InChI is InChI=1S/C10H17NO2/c1-4-5-10(2,3)11-7-8(12)6-9(11)13/h4-7H2,1-3H3. The van der Waals surface area contributed by atoms with E-state index in [2.05, 4.69) is 6.92 Å². The predicted octanol–water partition coefficient (Wildman–Crippen LogP) is 1.37. The van der Waals surface area contributed by atoms with Crippen molar-refractivity contribution in [2.75, 3.05) is 6.54 Å². The molecule has 0 atom stereocenters. The van der Waals surface area contributed by atoms with Crippen molar-refractivity contribution in [1.29, 1.82) is 0 Å². The minimum atomic E-state index is -0.155. The van der Waals surface area contributed by atoms with Crippen LogP contribution in [0.4, 0.5) is 0 Å². The number of ketones is 1. The molecule has 0 bridgehead atoms.